The molecule has 5 rings (SSSR count). The molecule has 1 amide bonds. The van der Waals surface area contributed by atoms with Gasteiger partial charge in [-0.1, -0.05) is 0 Å². The van der Waals surface area contributed by atoms with Gasteiger partial charge in [-0.15, -0.1) is 0 Å². The maximum absolute atomic E-state index is 12.8. The number of carbonyl (C=O) groups excluding carboxylic acids is 1. The molecule has 2 fully saturated rings. The number of nitrogens with zero attached hydrogens (tertiary/aromatic N) is 4. The molecule has 0 bridgehead atoms. The molecular formula is C17H19N5O2. The number of hydrogen-bond donors (Lipinski definition) is 1. The van der Waals surface area contributed by atoms with E-state index in [4.69, 9.17) is 0 Å². The summed E-state index contributed by atoms with van der Waals surface area (Å²) in [6.07, 6.45) is 9.45. The lowest BCUT2D eigenvalue weighted by Crippen LogP contribution is -2.51. The summed E-state index contributed by atoms with van der Waals surface area (Å²) in [7, 11) is 0. The molecule has 2 aromatic heterocycles. The highest BCUT2D eigenvalue weighted by molar-refractivity contribution is 5.95. The van der Waals surface area contributed by atoms with Crippen molar-refractivity contribution in [3.8, 4) is 5.82 Å². The molecule has 7 nitrogen and oxygen atoms in total. The van der Waals surface area contributed by atoms with Crippen molar-refractivity contribution in [2.24, 2.45) is 5.92 Å². The standard InChI is InChI=1S/C17H19N5O2/c1-17(3-2-4-17)19-16(23)14-12-8-10-7-11(10)15(12)22(20-14)13-9-21(24)6-5-18-13/h5-6,9-11H,2-4,7-8H2,1H3,(H,19,23)/t10-,11-/m1/s1. The lowest BCUT2D eigenvalue weighted by atomic mass is 9.78. The van der Waals surface area contributed by atoms with Gasteiger partial charge in [0, 0.05) is 17.0 Å². The van der Waals surface area contributed by atoms with E-state index in [2.05, 4.69) is 22.3 Å². The lowest BCUT2D eigenvalue weighted by Gasteiger charge is -2.38. The zero-order valence-electron chi connectivity index (χ0n) is 13.5. The highest BCUT2D eigenvalue weighted by atomic mass is 16.5. The molecule has 24 heavy (non-hydrogen) atoms. The largest absolute Gasteiger partial charge is 0.619 e. The molecule has 2 atom stereocenters. The first-order valence-corrected chi connectivity index (χ1v) is 8.54. The third-order valence-electron chi connectivity index (χ3n) is 5.73. The van der Waals surface area contributed by atoms with Crippen LogP contribution in [-0.2, 0) is 6.42 Å². The van der Waals surface area contributed by atoms with Crippen LogP contribution in [0.4, 0.5) is 0 Å². The number of rotatable bonds is 3. The van der Waals surface area contributed by atoms with Gasteiger partial charge in [-0.2, -0.15) is 9.83 Å². The number of amides is 1. The Bertz CT molecular complexity index is 855. The summed E-state index contributed by atoms with van der Waals surface area (Å²) in [6, 6.07) is 0. The van der Waals surface area contributed by atoms with Crippen molar-refractivity contribution < 1.29 is 9.52 Å². The van der Waals surface area contributed by atoms with Crippen molar-refractivity contribution in [3.05, 3.63) is 40.7 Å². The van der Waals surface area contributed by atoms with E-state index in [0.717, 1.165) is 43.4 Å². The smallest absolute Gasteiger partial charge is 0.272 e. The highest BCUT2D eigenvalue weighted by Gasteiger charge is 2.50. The van der Waals surface area contributed by atoms with Gasteiger partial charge in [-0.3, -0.25) is 4.79 Å². The second-order valence-electron chi connectivity index (χ2n) is 7.57. The average molecular weight is 325 g/mol. The third-order valence-corrected chi connectivity index (χ3v) is 5.73. The predicted octanol–water partition coefficient (Wildman–Crippen LogP) is 1.23. The van der Waals surface area contributed by atoms with Gasteiger partial charge in [0.15, 0.2) is 11.9 Å². The van der Waals surface area contributed by atoms with Crippen LogP contribution in [0.3, 0.4) is 0 Å². The molecule has 124 valence electrons. The molecule has 2 saturated carbocycles. The first-order valence-electron chi connectivity index (χ1n) is 8.54. The Morgan fingerprint density at radius 2 is 2.33 bits per heavy atom. The van der Waals surface area contributed by atoms with E-state index in [1.54, 1.807) is 4.68 Å². The van der Waals surface area contributed by atoms with Crippen LogP contribution in [0, 0.1) is 11.1 Å². The molecular weight excluding hydrogens is 306 g/mol. The van der Waals surface area contributed by atoms with E-state index in [1.807, 2.05) is 0 Å². The van der Waals surface area contributed by atoms with Gasteiger partial charge in [0.25, 0.3) is 5.91 Å². The van der Waals surface area contributed by atoms with Gasteiger partial charge in [-0.05, 0) is 44.9 Å². The predicted molar refractivity (Wildman–Crippen MR) is 84.6 cm³/mol. The Morgan fingerprint density at radius 3 is 3.04 bits per heavy atom. The molecule has 0 unspecified atom stereocenters. The van der Waals surface area contributed by atoms with Crippen molar-refractivity contribution in [2.45, 2.75) is 50.5 Å². The quantitative estimate of drug-likeness (QED) is 0.679. The fourth-order valence-electron chi connectivity index (χ4n) is 4.11. The lowest BCUT2D eigenvalue weighted by molar-refractivity contribution is -0.605. The molecule has 7 heteroatoms. The number of hydrogen-bond acceptors (Lipinski definition) is 4. The molecule has 0 radical (unpaired) electrons. The zero-order chi connectivity index (χ0) is 16.5. The Morgan fingerprint density at radius 1 is 1.50 bits per heavy atom. The molecule has 1 N–H and O–H groups in total. The van der Waals surface area contributed by atoms with Gasteiger partial charge in [0.1, 0.15) is 0 Å². The Hall–Kier alpha value is -2.44. The molecule has 0 saturated heterocycles. The van der Waals surface area contributed by atoms with Gasteiger partial charge in [0.2, 0.25) is 12.0 Å². The molecule has 2 aromatic rings. The van der Waals surface area contributed by atoms with Crippen LogP contribution in [0.25, 0.3) is 5.82 Å². The SMILES string of the molecule is CC1(NC(=O)c2nn(-c3c[n+]([O-])ccn3)c3c2C[C@H]2C[C@@H]32)CCC1. The van der Waals surface area contributed by atoms with Crippen LogP contribution >= 0.6 is 0 Å². The van der Waals surface area contributed by atoms with Crippen LogP contribution < -0.4 is 10.0 Å². The van der Waals surface area contributed by atoms with Crippen molar-refractivity contribution in [3.63, 3.8) is 0 Å². The van der Waals surface area contributed by atoms with Gasteiger partial charge < -0.3 is 10.5 Å². The first-order chi connectivity index (χ1) is 11.5. The Balaban J connectivity index is 1.56. The summed E-state index contributed by atoms with van der Waals surface area (Å²) in [5.74, 6) is 1.46. The molecule has 3 aliphatic carbocycles. The normalized spacial score (nSPS) is 25.5. The van der Waals surface area contributed by atoms with Gasteiger partial charge in [-0.25, -0.2) is 9.67 Å². The minimum atomic E-state index is -0.0989. The summed E-state index contributed by atoms with van der Waals surface area (Å²) in [5, 5.41) is 19.3. The van der Waals surface area contributed by atoms with E-state index in [0.29, 0.717) is 28.1 Å². The Kier molecular flexibility index (Phi) is 2.65. The van der Waals surface area contributed by atoms with Crippen LogP contribution in [-0.4, -0.2) is 26.2 Å². The van der Waals surface area contributed by atoms with E-state index < -0.39 is 0 Å². The fraction of sp³-hybridized carbons (Fsp3) is 0.529. The summed E-state index contributed by atoms with van der Waals surface area (Å²) >= 11 is 0. The number of fused-ring (bicyclic) bond motifs is 3. The second-order valence-corrected chi connectivity index (χ2v) is 7.57. The number of nitrogens with one attached hydrogen (secondary N) is 1. The maximum atomic E-state index is 12.8. The van der Waals surface area contributed by atoms with Crippen molar-refractivity contribution in [1.82, 2.24) is 20.1 Å². The topological polar surface area (TPSA) is 86.8 Å². The third kappa shape index (κ3) is 1.96. The van der Waals surface area contributed by atoms with Crippen molar-refractivity contribution in [1.29, 1.82) is 0 Å². The number of aromatic nitrogens is 4. The molecule has 0 aromatic carbocycles. The maximum Gasteiger partial charge on any atom is 0.272 e. The van der Waals surface area contributed by atoms with Gasteiger partial charge >= 0.3 is 0 Å². The summed E-state index contributed by atoms with van der Waals surface area (Å²) in [4.78, 5) is 17.0. The summed E-state index contributed by atoms with van der Waals surface area (Å²) < 4.78 is 2.42. The van der Waals surface area contributed by atoms with E-state index in [1.165, 1.54) is 18.6 Å². The van der Waals surface area contributed by atoms with Crippen molar-refractivity contribution in [2.75, 3.05) is 0 Å². The van der Waals surface area contributed by atoms with Gasteiger partial charge in [0.05, 0.1) is 11.9 Å². The Labute approximate surface area is 139 Å². The monoisotopic (exact) mass is 325 g/mol. The summed E-state index contributed by atoms with van der Waals surface area (Å²) in [6.45, 7) is 2.09. The molecule has 2 heterocycles. The van der Waals surface area contributed by atoms with E-state index in [9.17, 15) is 10.0 Å². The summed E-state index contributed by atoms with van der Waals surface area (Å²) in [5.41, 5.74) is 2.52. The zero-order valence-corrected chi connectivity index (χ0v) is 13.5. The molecule has 0 spiro atoms. The fourth-order valence-corrected chi connectivity index (χ4v) is 4.11. The van der Waals surface area contributed by atoms with Crippen LogP contribution in [0.1, 0.15) is 60.3 Å². The van der Waals surface area contributed by atoms with E-state index in [-0.39, 0.29) is 11.4 Å². The van der Waals surface area contributed by atoms with Crippen molar-refractivity contribution >= 4 is 5.91 Å². The van der Waals surface area contributed by atoms with Crippen LogP contribution in [0.2, 0.25) is 0 Å². The first kappa shape index (κ1) is 13.9. The molecule has 0 aliphatic heterocycles. The minimum absolute atomic E-state index is 0.0977. The average Bonchev–Trinajstić information content (AvgIpc) is 3.02. The number of carbonyl (C=O) groups is 1. The van der Waals surface area contributed by atoms with E-state index >= 15 is 0 Å². The minimum Gasteiger partial charge on any atom is -0.619 e. The van der Waals surface area contributed by atoms with Crippen LogP contribution in [0.5, 0.6) is 0 Å². The molecule has 3 aliphatic rings. The highest BCUT2D eigenvalue weighted by Crippen LogP contribution is 2.57. The van der Waals surface area contributed by atoms with Crippen LogP contribution in [0.15, 0.2) is 18.6 Å². The second kappa shape index (κ2) is 4.55.